The quantitative estimate of drug-likeness (QED) is 0.122. The molecule has 1 saturated heterocycles. The van der Waals surface area contributed by atoms with Crippen molar-refractivity contribution in [3.05, 3.63) is 71.8 Å². The number of amides is 1. The first-order valence-electron chi connectivity index (χ1n) is 17.2. The maximum Gasteiger partial charge on any atom is 0.326 e. The number of carbonyl (C=O) groups is 7. The number of nitrogens with zero attached hydrogens (tertiary/aromatic N) is 2. The van der Waals surface area contributed by atoms with E-state index in [1.54, 1.807) is 7.05 Å². The molecule has 2 aromatic carbocycles. The number of likely N-dealkylation sites (N-methyl/N-ethyl adjacent to an activating group) is 2. The fourth-order valence-corrected chi connectivity index (χ4v) is 4.16. The Bertz CT molecular complexity index is 1430. The van der Waals surface area contributed by atoms with Crippen LogP contribution < -0.4 is 16.8 Å². The average molecular weight is 780 g/mol. The van der Waals surface area contributed by atoms with Gasteiger partial charge in [-0.1, -0.05) is 74.5 Å². The van der Waals surface area contributed by atoms with Gasteiger partial charge < -0.3 is 57.2 Å². The number of rotatable bonds is 15. The molecule has 0 radical (unpaired) electrons. The smallest absolute Gasteiger partial charge is 0.326 e. The molecule has 0 bridgehead atoms. The number of carboxylic acid groups (broad SMARTS) is 6. The Kier molecular flexibility index (Phi) is 28.1. The molecule has 3 unspecified atom stereocenters. The number of benzene rings is 2. The van der Waals surface area contributed by atoms with Crippen LogP contribution in [0.1, 0.15) is 50.7 Å². The van der Waals surface area contributed by atoms with E-state index in [0.29, 0.717) is 12.8 Å². The van der Waals surface area contributed by atoms with Crippen LogP contribution in [0.25, 0.3) is 0 Å². The fourth-order valence-electron chi connectivity index (χ4n) is 4.16. The second-order valence-electron chi connectivity index (χ2n) is 12.7. The summed E-state index contributed by atoms with van der Waals surface area (Å²) in [6, 6.07) is 15.8. The highest BCUT2D eigenvalue weighted by molar-refractivity contribution is 5.84. The third-order valence-electron chi connectivity index (χ3n) is 7.26. The van der Waals surface area contributed by atoms with Crippen LogP contribution in [0, 0.1) is 5.92 Å². The summed E-state index contributed by atoms with van der Waals surface area (Å²) < 4.78 is 0. The molecule has 3 atom stereocenters. The molecule has 1 fully saturated rings. The van der Waals surface area contributed by atoms with Gasteiger partial charge in [0.1, 0.15) is 18.1 Å². The van der Waals surface area contributed by atoms with Gasteiger partial charge >= 0.3 is 35.8 Å². The number of piperazine rings is 1. The third kappa shape index (κ3) is 29.7. The van der Waals surface area contributed by atoms with Crippen molar-refractivity contribution in [2.24, 2.45) is 17.4 Å². The van der Waals surface area contributed by atoms with Crippen LogP contribution in [0.2, 0.25) is 0 Å². The van der Waals surface area contributed by atoms with Gasteiger partial charge in [0.2, 0.25) is 5.91 Å². The molecule has 1 aliphatic heterocycles. The van der Waals surface area contributed by atoms with Crippen LogP contribution in [0.5, 0.6) is 0 Å². The van der Waals surface area contributed by atoms with Crippen molar-refractivity contribution in [1.82, 2.24) is 15.1 Å². The molecule has 0 aromatic heterocycles. The molecular weight excluding hydrogens is 722 g/mol. The summed E-state index contributed by atoms with van der Waals surface area (Å²) in [6.07, 6.45) is -0.0399. The fraction of sp³-hybridized carbons (Fsp3) is 0.486. The summed E-state index contributed by atoms with van der Waals surface area (Å²) in [5.74, 6) is -6.49. The number of hydrogen-bond donors (Lipinski definition) is 9. The van der Waals surface area contributed by atoms with E-state index in [2.05, 4.69) is 17.3 Å². The number of nitrogens with one attached hydrogen (secondary N) is 1. The normalized spacial score (nSPS) is 13.4. The van der Waals surface area contributed by atoms with Crippen molar-refractivity contribution < 1.29 is 64.2 Å². The zero-order chi connectivity index (χ0) is 42.5. The van der Waals surface area contributed by atoms with Crippen molar-refractivity contribution in [1.29, 1.82) is 0 Å². The van der Waals surface area contributed by atoms with Gasteiger partial charge in [-0.25, -0.2) is 4.79 Å². The Morgan fingerprint density at radius 2 is 1.13 bits per heavy atom. The first-order chi connectivity index (χ1) is 25.7. The Balaban J connectivity index is 0. The Morgan fingerprint density at radius 1 is 0.691 bits per heavy atom. The molecule has 18 nitrogen and oxygen atoms in total. The first-order valence-corrected chi connectivity index (χ1v) is 17.2. The minimum atomic E-state index is -1.29. The zero-order valence-electron chi connectivity index (χ0n) is 31.7. The molecule has 1 heterocycles. The zero-order valence-corrected chi connectivity index (χ0v) is 31.7. The monoisotopic (exact) mass is 779 g/mol. The molecule has 0 saturated carbocycles. The topological polar surface area (TPSA) is 311 Å². The van der Waals surface area contributed by atoms with Gasteiger partial charge in [0.05, 0.1) is 25.7 Å². The van der Waals surface area contributed by atoms with E-state index in [1.807, 2.05) is 74.5 Å². The lowest BCUT2D eigenvalue weighted by atomic mass is 10.0. The van der Waals surface area contributed by atoms with Crippen molar-refractivity contribution in [2.75, 3.05) is 40.3 Å². The van der Waals surface area contributed by atoms with Crippen LogP contribution in [0.15, 0.2) is 60.7 Å². The summed E-state index contributed by atoms with van der Waals surface area (Å²) in [6.45, 7) is 8.64. The van der Waals surface area contributed by atoms with Gasteiger partial charge in [-0.05, 0) is 36.9 Å². The lowest BCUT2D eigenvalue weighted by Crippen LogP contribution is -2.43. The minimum Gasteiger partial charge on any atom is -0.481 e. The minimum absolute atomic E-state index is 0.167. The van der Waals surface area contributed by atoms with E-state index in [4.69, 9.17) is 37.0 Å². The van der Waals surface area contributed by atoms with E-state index in [1.165, 1.54) is 18.0 Å². The van der Waals surface area contributed by atoms with Crippen LogP contribution in [-0.4, -0.2) is 141 Å². The maximum absolute atomic E-state index is 12.1. The molecule has 0 aliphatic carbocycles. The maximum atomic E-state index is 12.1. The molecule has 1 amide bonds. The largest absolute Gasteiger partial charge is 0.481 e. The second-order valence-corrected chi connectivity index (χ2v) is 12.7. The number of nitrogens with two attached hydrogens (primary N) is 2. The van der Waals surface area contributed by atoms with Gasteiger partial charge in [0.25, 0.3) is 0 Å². The summed E-state index contributed by atoms with van der Waals surface area (Å²) in [5.41, 5.74) is 12.0. The predicted molar refractivity (Wildman–Crippen MR) is 202 cm³/mol. The van der Waals surface area contributed by atoms with Crippen LogP contribution in [0.3, 0.4) is 0 Å². The lowest BCUT2D eigenvalue weighted by molar-refractivity contribution is -0.149. The third-order valence-corrected chi connectivity index (χ3v) is 7.26. The molecule has 0 spiro atoms. The van der Waals surface area contributed by atoms with Gasteiger partial charge in [-0.15, -0.1) is 0 Å². The van der Waals surface area contributed by atoms with Gasteiger partial charge in [0.15, 0.2) is 0 Å². The summed E-state index contributed by atoms with van der Waals surface area (Å²) in [7, 11) is 3.72. The average Bonchev–Trinajstić information content (AvgIpc) is 3.11. The van der Waals surface area contributed by atoms with Gasteiger partial charge in [-0.3, -0.25) is 28.8 Å². The molecule has 11 N–H and O–H groups in total. The summed E-state index contributed by atoms with van der Waals surface area (Å²) in [4.78, 5) is 76.3. The highest BCUT2D eigenvalue weighted by Gasteiger charge is 2.27. The first kappa shape index (κ1) is 51.7. The van der Waals surface area contributed by atoms with E-state index in [0.717, 1.165) is 24.2 Å². The predicted octanol–water partition coefficient (Wildman–Crippen LogP) is 1.16. The van der Waals surface area contributed by atoms with Crippen LogP contribution >= 0.6 is 0 Å². The van der Waals surface area contributed by atoms with Crippen LogP contribution in [-0.2, 0) is 46.4 Å². The van der Waals surface area contributed by atoms with Crippen molar-refractivity contribution in [2.45, 2.75) is 70.5 Å². The van der Waals surface area contributed by atoms with E-state index < -0.39 is 60.4 Å². The molecule has 18 heteroatoms. The molecule has 1 aliphatic rings. The molecule has 3 rings (SSSR count). The number of carboxylic acids is 6. The van der Waals surface area contributed by atoms with Crippen molar-refractivity contribution in [3.63, 3.8) is 0 Å². The van der Waals surface area contributed by atoms with Crippen molar-refractivity contribution >= 4 is 41.7 Å². The SMILES string of the molecule is CC(C)CC(C(=O)O)N(C)C(=O)Cc1ccccc1.CN1CCNCC1.NC(CC(=O)O)C(=O)O.NC(Cc1ccccc1)C(=O)O.O=C(O)CCC(=O)O. The van der Waals surface area contributed by atoms with E-state index in [9.17, 15) is 38.7 Å². The molecule has 308 valence electrons. The van der Waals surface area contributed by atoms with Gasteiger partial charge in [0, 0.05) is 33.2 Å². The highest BCUT2D eigenvalue weighted by Crippen LogP contribution is 2.13. The summed E-state index contributed by atoms with van der Waals surface area (Å²) in [5, 5.41) is 52.8. The number of carbonyl (C=O) groups excluding carboxylic acids is 1. The Hall–Kier alpha value is -5.43. The Morgan fingerprint density at radius 3 is 1.44 bits per heavy atom. The molecule has 2 aromatic rings. The number of aliphatic carboxylic acids is 6. The Labute approximate surface area is 320 Å². The summed E-state index contributed by atoms with van der Waals surface area (Å²) >= 11 is 0. The number of hydrogen-bond acceptors (Lipinski definition) is 11. The van der Waals surface area contributed by atoms with E-state index in [-0.39, 0.29) is 31.1 Å². The van der Waals surface area contributed by atoms with Crippen LogP contribution in [0.4, 0.5) is 0 Å². The molecular formula is C37H57N5O13. The lowest BCUT2D eigenvalue weighted by Gasteiger charge is -2.26. The second kappa shape index (κ2) is 30.0. The van der Waals surface area contributed by atoms with E-state index >= 15 is 0 Å². The van der Waals surface area contributed by atoms with Gasteiger partial charge in [-0.2, -0.15) is 0 Å². The standard InChI is InChI=1S/C15H21NO3.C9H11NO2.C5H12N2.C4H7NO4.C4H6O4/c1-11(2)9-13(15(18)19)16(3)14(17)10-12-7-5-4-6-8-12;10-8(9(11)12)6-7-4-2-1-3-5-7;1-7-4-2-6-3-5-7;5-2(4(8)9)1-3(6)7;5-3(6)1-2-4(7)8/h4-8,11,13H,9-10H2,1-3H3,(H,18,19);1-5,8H,6,10H2,(H,11,12);6H,2-5H2,1H3;2H,1,5H2,(H,6,7)(H,8,9);1-2H2,(H,5,6)(H,7,8). The molecule has 55 heavy (non-hydrogen) atoms. The highest BCUT2D eigenvalue weighted by atomic mass is 16.4. The van der Waals surface area contributed by atoms with Crippen molar-refractivity contribution in [3.8, 4) is 0 Å².